The molecule has 0 amide bonds. The molecule has 9 heteroatoms. The minimum atomic E-state index is -0.475. The Labute approximate surface area is 154 Å². The zero-order valence-electron chi connectivity index (χ0n) is 15.1. The van der Waals surface area contributed by atoms with Gasteiger partial charge in [0.25, 0.3) is 5.56 Å². The van der Waals surface area contributed by atoms with E-state index in [-0.39, 0.29) is 11.6 Å². The van der Waals surface area contributed by atoms with Gasteiger partial charge in [0.1, 0.15) is 5.69 Å². The number of H-pyrrole nitrogens is 1. The Bertz CT molecular complexity index is 1050. The van der Waals surface area contributed by atoms with Gasteiger partial charge in [-0.15, -0.1) is 5.10 Å². The van der Waals surface area contributed by atoms with Gasteiger partial charge in [0.15, 0.2) is 6.23 Å². The number of rotatable bonds is 4. The molecule has 1 saturated heterocycles. The standard InChI is InChI=1S/C18H20N6O3/c1-12-9-24(18(26)19-17(12)25)16-8-14(22(2)27-16)10-23-11-15(20-21-23)13-6-4-3-5-7-13/h3-7,9,11,14,16H,8,10H2,1-2H3,(H,19,25,26)/t14-,16-/m1/s1. The first kappa shape index (κ1) is 17.4. The van der Waals surface area contributed by atoms with E-state index in [2.05, 4.69) is 15.3 Å². The number of benzene rings is 1. The molecule has 140 valence electrons. The van der Waals surface area contributed by atoms with Crippen LogP contribution in [0.2, 0.25) is 0 Å². The second-order valence-corrected chi connectivity index (χ2v) is 6.67. The van der Waals surface area contributed by atoms with Crippen molar-refractivity contribution < 1.29 is 4.84 Å². The second-order valence-electron chi connectivity index (χ2n) is 6.67. The summed E-state index contributed by atoms with van der Waals surface area (Å²) in [6, 6.07) is 9.86. The van der Waals surface area contributed by atoms with Gasteiger partial charge >= 0.3 is 5.69 Å². The van der Waals surface area contributed by atoms with Gasteiger partial charge in [-0.1, -0.05) is 35.5 Å². The van der Waals surface area contributed by atoms with E-state index in [0.717, 1.165) is 11.3 Å². The van der Waals surface area contributed by atoms with Gasteiger partial charge in [0.05, 0.1) is 18.8 Å². The summed E-state index contributed by atoms with van der Waals surface area (Å²) in [5.74, 6) is 0. The Morgan fingerprint density at radius 1 is 1.22 bits per heavy atom. The third kappa shape index (κ3) is 3.46. The topological polar surface area (TPSA) is 98.0 Å². The summed E-state index contributed by atoms with van der Waals surface area (Å²) < 4.78 is 3.19. The predicted octanol–water partition coefficient (Wildman–Crippen LogP) is 0.938. The average Bonchev–Trinajstić information content (AvgIpc) is 3.26. The molecule has 1 aromatic carbocycles. The fourth-order valence-corrected chi connectivity index (χ4v) is 3.20. The van der Waals surface area contributed by atoms with Crippen LogP contribution in [-0.2, 0) is 11.4 Å². The highest BCUT2D eigenvalue weighted by atomic mass is 16.7. The molecule has 1 aliphatic rings. The molecule has 27 heavy (non-hydrogen) atoms. The number of aromatic amines is 1. The highest BCUT2D eigenvalue weighted by Gasteiger charge is 2.33. The van der Waals surface area contributed by atoms with Crippen molar-refractivity contribution in [3.8, 4) is 11.3 Å². The van der Waals surface area contributed by atoms with Crippen molar-refractivity contribution in [1.82, 2.24) is 29.6 Å². The van der Waals surface area contributed by atoms with E-state index in [1.54, 1.807) is 16.7 Å². The largest absolute Gasteiger partial charge is 0.330 e. The SMILES string of the molecule is Cc1cn([C@H]2C[C@H](Cn3cc(-c4ccccc4)nn3)N(C)O2)c(=O)[nH]c1=O. The summed E-state index contributed by atoms with van der Waals surface area (Å²) in [6.45, 7) is 2.23. The Hall–Kier alpha value is -3.04. The van der Waals surface area contributed by atoms with E-state index in [0.29, 0.717) is 18.5 Å². The van der Waals surface area contributed by atoms with Gasteiger partial charge < -0.3 is 0 Å². The molecule has 0 unspecified atom stereocenters. The monoisotopic (exact) mass is 368 g/mol. The maximum Gasteiger partial charge on any atom is 0.330 e. The number of aryl methyl sites for hydroxylation is 1. The summed E-state index contributed by atoms with van der Waals surface area (Å²) in [7, 11) is 1.82. The van der Waals surface area contributed by atoms with Crippen molar-refractivity contribution in [1.29, 1.82) is 0 Å². The minimum absolute atomic E-state index is 0.0134. The Morgan fingerprint density at radius 3 is 2.78 bits per heavy atom. The van der Waals surface area contributed by atoms with Crippen LogP contribution >= 0.6 is 0 Å². The zero-order chi connectivity index (χ0) is 19.0. The molecule has 3 heterocycles. The first-order valence-electron chi connectivity index (χ1n) is 8.68. The van der Waals surface area contributed by atoms with Crippen molar-refractivity contribution in [2.24, 2.45) is 0 Å². The number of nitrogens with one attached hydrogen (secondary N) is 1. The summed E-state index contributed by atoms with van der Waals surface area (Å²) in [4.78, 5) is 31.8. The Kier molecular flexibility index (Phi) is 4.46. The zero-order valence-corrected chi connectivity index (χ0v) is 15.1. The first-order chi connectivity index (χ1) is 13.0. The van der Waals surface area contributed by atoms with E-state index < -0.39 is 11.9 Å². The van der Waals surface area contributed by atoms with Crippen molar-refractivity contribution in [3.63, 3.8) is 0 Å². The molecule has 0 saturated carbocycles. The number of nitrogens with zero attached hydrogens (tertiary/aromatic N) is 5. The second kappa shape index (κ2) is 6.93. The van der Waals surface area contributed by atoms with Crippen LogP contribution in [0.25, 0.3) is 11.3 Å². The van der Waals surface area contributed by atoms with E-state index in [1.807, 2.05) is 43.6 Å². The number of hydrogen-bond donors (Lipinski definition) is 1. The lowest BCUT2D eigenvalue weighted by Gasteiger charge is -2.16. The van der Waals surface area contributed by atoms with Gasteiger partial charge in [0, 0.05) is 30.8 Å². The van der Waals surface area contributed by atoms with Crippen molar-refractivity contribution in [2.45, 2.75) is 32.2 Å². The summed E-state index contributed by atoms with van der Waals surface area (Å²) in [6.07, 6.45) is 3.54. The smallest absolute Gasteiger partial charge is 0.274 e. The lowest BCUT2D eigenvalue weighted by molar-refractivity contribution is -0.168. The molecule has 1 N–H and O–H groups in total. The maximum absolute atomic E-state index is 12.1. The number of hydrogen-bond acceptors (Lipinski definition) is 6. The molecule has 0 bridgehead atoms. The number of hydroxylamine groups is 2. The minimum Gasteiger partial charge on any atom is -0.274 e. The summed E-state index contributed by atoms with van der Waals surface area (Å²) in [5, 5.41) is 10.1. The molecule has 2 aromatic heterocycles. The highest BCUT2D eigenvalue weighted by molar-refractivity contribution is 5.57. The molecular weight excluding hydrogens is 348 g/mol. The molecule has 0 radical (unpaired) electrons. The van der Waals surface area contributed by atoms with Crippen molar-refractivity contribution in [3.05, 3.63) is 69.1 Å². The predicted molar refractivity (Wildman–Crippen MR) is 97.8 cm³/mol. The van der Waals surface area contributed by atoms with Crippen LogP contribution in [0.3, 0.4) is 0 Å². The van der Waals surface area contributed by atoms with Crippen LogP contribution in [0.4, 0.5) is 0 Å². The fourth-order valence-electron chi connectivity index (χ4n) is 3.20. The van der Waals surface area contributed by atoms with Crippen LogP contribution in [-0.4, -0.2) is 42.7 Å². The first-order valence-corrected chi connectivity index (χ1v) is 8.68. The summed E-state index contributed by atoms with van der Waals surface area (Å²) >= 11 is 0. The number of likely N-dealkylation sites (N-methyl/N-ethyl adjacent to an activating group) is 1. The maximum atomic E-state index is 12.1. The van der Waals surface area contributed by atoms with Gasteiger partial charge in [-0.25, -0.2) is 4.79 Å². The summed E-state index contributed by atoms with van der Waals surface area (Å²) in [5.41, 5.74) is 1.43. The van der Waals surface area contributed by atoms with Gasteiger partial charge in [-0.05, 0) is 6.92 Å². The molecule has 0 aliphatic carbocycles. The van der Waals surface area contributed by atoms with Crippen LogP contribution in [0.5, 0.6) is 0 Å². The van der Waals surface area contributed by atoms with Crippen LogP contribution in [0, 0.1) is 6.92 Å². The molecular formula is C18H20N6O3. The van der Waals surface area contributed by atoms with Crippen molar-refractivity contribution >= 4 is 0 Å². The molecule has 1 aliphatic heterocycles. The third-order valence-electron chi connectivity index (χ3n) is 4.74. The lowest BCUT2D eigenvalue weighted by Crippen LogP contribution is -2.33. The Morgan fingerprint density at radius 2 is 2.00 bits per heavy atom. The quantitative estimate of drug-likeness (QED) is 0.736. The van der Waals surface area contributed by atoms with Crippen LogP contribution < -0.4 is 11.2 Å². The van der Waals surface area contributed by atoms with Gasteiger partial charge in [-0.2, -0.15) is 5.06 Å². The fraction of sp³-hybridized carbons (Fsp3) is 0.333. The van der Waals surface area contributed by atoms with Crippen molar-refractivity contribution in [2.75, 3.05) is 7.05 Å². The van der Waals surface area contributed by atoms with E-state index in [9.17, 15) is 9.59 Å². The van der Waals surface area contributed by atoms with Crippen LogP contribution in [0.15, 0.2) is 52.3 Å². The van der Waals surface area contributed by atoms with E-state index in [4.69, 9.17) is 4.84 Å². The molecule has 4 rings (SSSR count). The third-order valence-corrected chi connectivity index (χ3v) is 4.74. The molecule has 3 aromatic rings. The number of aromatic nitrogens is 5. The molecule has 0 spiro atoms. The molecule has 2 atom stereocenters. The van der Waals surface area contributed by atoms with E-state index >= 15 is 0 Å². The highest BCUT2D eigenvalue weighted by Crippen LogP contribution is 2.27. The average molecular weight is 368 g/mol. The normalized spacial score (nSPS) is 20.2. The molecule has 9 nitrogen and oxygen atoms in total. The van der Waals surface area contributed by atoms with E-state index in [1.165, 1.54) is 10.8 Å². The lowest BCUT2D eigenvalue weighted by atomic mass is 10.2. The molecule has 1 fully saturated rings. The Balaban J connectivity index is 1.50. The van der Waals surface area contributed by atoms with Crippen LogP contribution in [0.1, 0.15) is 18.2 Å². The van der Waals surface area contributed by atoms with Gasteiger partial charge in [0.2, 0.25) is 0 Å². The van der Waals surface area contributed by atoms with Gasteiger partial charge in [-0.3, -0.25) is 23.9 Å².